The third-order valence-corrected chi connectivity index (χ3v) is 2.06. The summed E-state index contributed by atoms with van der Waals surface area (Å²) < 4.78 is 0. The van der Waals surface area contributed by atoms with Gasteiger partial charge < -0.3 is 0 Å². The van der Waals surface area contributed by atoms with Crippen LogP contribution in [0.1, 0.15) is 32.4 Å². The molecule has 11 heavy (non-hydrogen) atoms. The molecule has 1 aromatic heterocycles. The third kappa shape index (κ3) is 2.70. The Morgan fingerprint density at radius 3 is 3.00 bits per heavy atom. The molecular weight excluding hydrogens is 138 g/mol. The number of rotatable bonds is 4. The number of hydrogen-bond donors (Lipinski definition) is 1. The molecule has 0 saturated heterocycles. The lowest BCUT2D eigenvalue weighted by Gasteiger charge is -2.04. The Hall–Kier alpha value is -0.860. The van der Waals surface area contributed by atoms with Gasteiger partial charge in [-0.3, -0.25) is 0 Å². The summed E-state index contributed by atoms with van der Waals surface area (Å²) in [6.07, 6.45) is 5.30. The second-order valence-electron chi connectivity index (χ2n) is 3.01. The average molecular weight is 153 g/mol. The van der Waals surface area contributed by atoms with Gasteiger partial charge in [-0.2, -0.15) is 15.4 Å². The zero-order valence-electron chi connectivity index (χ0n) is 7.17. The first kappa shape index (κ1) is 8.24. The first-order chi connectivity index (χ1) is 5.33. The number of aromatic nitrogens is 3. The molecule has 1 unspecified atom stereocenters. The standard InChI is InChI=1S/C8H15N3/c1-3-7(2)4-5-8-6-9-11-10-8/h6-7H,3-5H2,1-2H3,(H,9,10,11). The van der Waals surface area contributed by atoms with Crippen molar-refractivity contribution in [3.05, 3.63) is 11.9 Å². The Balaban J connectivity index is 2.23. The minimum Gasteiger partial charge on any atom is -0.198 e. The summed E-state index contributed by atoms with van der Waals surface area (Å²) in [6, 6.07) is 0. The van der Waals surface area contributed by atoms with E-state index >= 15 is 0 Å². The molecule has 0 fully saturated rings. The first-order valence-corrected chi connectivity index (χ1v) is 4.17. The van der Waals surface area contributed by atoms with Crippen LogP contribution in [0, 0.1) is 5.92 Å². The third-order valence-electron chi connectivity index (χ3n) is 2.06. The summed E-state index contributed by atoms with van der Waals surface area (Å²) in [5.41, 5.74) is 1.07. The highest BCUT2D eigenvalue weighted by Crippen LogP contribution is 2.09. The van der Waals surface area contributed by atoms with Gasteiger partial charge in [-0.1, -0.05) is 20.3 Å². The van der Waals surface area contributed by atoms with E-state index in [4.69, 9.17) is 0 Å². The second kappa shape index (κ2) is 4.11. The van der Waals surface area contributed by atoms with E-state index in [1.54, 1.807) is 6.20 Å². The van der Waals surface area contributed by atoms with E-state index < -0.39 is 0 Å². The number of nitrogens with zero attached hydrogens (tertiary/aromatic N) is 2. The maximum Gasteiger partial charge on any atom is 0.0824 e. The van der Waals surface area contributed by atoms with E-state index in [0.29, 0.717) is 0 Å². The smallest absolute Gasteiger partial charge is 0.0824 e. The summed E-state index contributed by atoms with van der Waals surface area (Å²) >= 11 is 0. The fourth-order valence-electron chi connectivity index (χ4n) is 0.944. The van der Waals surface area contributed by atoms with Gasteiger partial charge in [-0.05, 0) is 18.8 Å². The summed E-state index contributed by atoms with van der Waals surface area (Å²) in [4.78, 5) is 0. The van der Waals surface area contributed by atoms with E-state index in [1.807, 2.05) is 0 Å². The molecule has 0 spiro atoms. The predicted molar refractivity (Wildman–Crippen MR) is 44.2 cm³/mol. The van der Waals surface area contributed by atoms with Gasteiger partial charge in [0.2, 0.25) is 0 Å². The van der Waals surface area contributed by atoms with Crippen molar-refractivity contribution < 1.29 is 0 Å². The largest absolute Gasteiger partial charge is 0.198 e. The molecule has 0 saturated carbocycles. The van der Waals surface area contributed by atoms with Crippen molar-refractivity contribution in [3.63, 3.8) is 0 Å². The molecule has 0 aliphatic heterocycles. The maximum atomic E-state index is 3.99. The van der Waals surface area contributed by atoms with Crippen LogP contribution in [0.3, 0.4) is 0 Å². The zero-order valence-corrected chi connectivity index (χ0v) is 7.17. The van der Waals surface area contributed by atoms with Gasteiger partial charge in [0.1, 0.15) is 0 Å². The number of nitrogens with one attached hydrogen (secondary N) is 1. The summed E-state index contributed by atoms with van der Waals surface area (Å²) in [5.74, 6) is 0.798. The van der Waals surface area contributed by atoms with Gasteiger partial charge in [-0.15, -0.1) is 0 Å². The highest BCUT2D eigenvalue weighted by Gasteiger charge is 2.00. The lowest BCUT2D eigenvalue weighted by atomic mass is 10.0. The topological polar surface area (TPSA) is 41.6 Å². The SMILES string of the molecule is CCC(C)CCc1cn[nH]n1. The molecule has 3 nitrogen and oxygen atoms in total. The zero-order chi connectivity index (χ0) is 8.10. The molecule has 0 aromatic carbocycles. The van der Waals surface area contributed by atoms with Crippen LogP contribution in [-0.2, 0) is 6.42 Å². The van der Waals surface area contributed by atoms with Crippen LogP contribution >= 0.6 is 0 Å². The van der Waals surface area contributed by atoms with Gasteiger partial charge in [0.25, 0.3) is 0 Å². The molecule has 1 N–H and O–H groups in total. The molecule has 1 rings (SSSR count). The molecule has 1 atom stereocenters. The summed E-state index contributed by atoms with van der Waals surface area (Å²) in [6.45, 7) is 4.48. The monoisotopic (exact) mass is 153 g/mol. The second-order valence-corrected chi connectivity index (χ2v) is 3.01. The van der Waals surface area contributed by atoms with Crippen LogP contribution in [0.4, 0.5) is 0 Å². The molecule has 1 heterocycles. The minimum absolute atomic E-state index is 0.798. The molecule has 0 bridgehead atoms. The number of hydrogen-bond acceptors (Lipinski definition) is 2. The van der Waals surface area contributed by atoms with Crippen molar-refractivity contribution in [2.45, 2.75) is 33.1 Å². The molecule has 0 amide bonds. The van der Waals surface area contributed by atoms with Crippen LogP contribution in [-0.4, -0.2) is 15.4 Å². The highest BCUT2D eigenvalue weighted by atomic mass is 15.3. The van der Waals surface area contributed by atoms with Crippen molar-refractivity contribution >= 4 is 0 Å². The number of aromatic amines is 1. The molecule has 1 aromatic rings. The van der Waals surface area contributed by atoms with Crippen LogP contribution in [0.15, 0.2) is 6.20 Å². The van der Waals surface area contributed by atoms with Gasteiger partial charge >= 0.3 is 0 Å². The van der Waals surface area contributed by atoms with E-state index in [-0.39, 0.29) is 0 Å². The van der Waals surface area contributed by atoms with Crippen LogP contribution in [0.25, 0.3) is 0 Å². The fourth-order valence-corrected chi connectivity index (χ4v) is 0.944. The van der Waals surface area contributed by atoms with Gasteiger partial charge in [0, 0.05) is 0 Å². The van der Waals surface area contributed by atoms with Crippen molar-refractivity contribution in [2.75, 3.05) is 0 Å². The normalized spacial score (nSPS) is 13.3. The highest BCUT2D eigenvalue weighted by molar-refractivity contribution is 4.90. The average Bonchev–Trinajstić information content (AvgIpc) is 2.52. The van der Waals surface area contributed by atoms with Crippen LogP contribution in [0.2, 0.25) is 0 Å². The Kier molecular flexibility index (Phi) is 3.08. The van der Waals surface area contributed by atoms with Crippen molar-refractivity contribution in [1.82, 2.24) is 15.4 Å². The Morgan fingerprint density at radius 1 is 1.64 bits per heavy atom. The Morgan fingerprint density at radius 2 is 2.45 bits per heavy atom. The lowest BCUT2D eigenvalue weighted by Crippen LogP contribution is -1.95. The van der Waals surface area contributed by atoms with E-state index in [0.717, 1.165) is 18.0 Å². The first-order valence-electron chi connectivity index (χ1n) is 4.17. The van der Waals surface area contributed by atoms with E-state index in [9.17, 15) is 0 Å². The van der Waals surface area contributed by atoms with Crippen molar-refractivity contribution in [3.8, 4) is 0 Å². The lowest BCUT2D eigenvalue weighted by molar-refractivity contribution is 0.513. The van der Waals surface area contributed by atoms with E-state index in [1.165, 1.54) is 12.8 Å². The quantitative estimate of drug-likeness (QED) is 0.716. The Bertz CT molecular complexity index is 181. The molecular formula is C8H15N3. The van der Waals surface area contributed by atoms with Gasteiger partial charge in [0.15, 0.2) is 0 Å². The van der Waals surface area contributed by atoms with Gasteiger partial charge in [0.05, 0.1) is 11.9 Å². The van der Waals surface area contributed by atoms with Gasteiger partial charge in [-0.25, -0.2) is 0 Å². The molecule has 0 aliphatic carbocycles. The molecule has 0 radical (unpaired) electrons. The maximum absolute atomic E-state index is 3.99. The van der Waals surface area contributed by atoms with E-state index in [2.05, 4.69) is 29.3 Å². The van der Waals surface area contributed by atoms with Crippen LogP contribution < -0.4 is 0 Å². The number of H-pyrrole nitrogens is 1. The summed E-state index contributed by atoms with van der Waals surface area (Å²) in [7, 11) is 0. The summed E-state index contributed by atoms with van der Waals surface area (Å²) in [5, 5.41) is 10.3. The predicted octanol–water partition coefficient (Wildman–Crippen LogP) is 1.78. The Labute approximate surface area is 67.2 Å². The molecule has 3 heteroatoms. The number of aryl methyl sites for hydroxylation is 1. The molecule has 0 aliphatic rings. The molecule has 62 valence electrons. The van der Waals surface area contributed by atoms with Crippen molar-refractivity contribution in [2.24, 2.45) is 5.92 Å². The van der Waals surface area contributed by atoms with Crippen molar-refractivity contribution in [1.29, 1.82) is 0 Å². The fraction of sp³-hybridized carbons (Fsp3) is 0.750. The minimum atomic E-state index is 0.798. The van der Waals surface area contributed by atoms with Crippen LogP contribution in [0.5, 0.6) is 0 Å².